The number of aliphatic hydroxyl groups excluding tert-OH is 2. The maximum absolute atomic E-state index is 14.1. The van der Waals surface area contributed by atoms with Crippen molar-refractivity contribution in [1.82, 2.24) is 4.90 Å². The van der Waals surface area contributed by atoms with Crippen molar-refractivity contribution in [2.45, 2.75) is 36.7 Å². The molecule has 7 nitrogen and oxygen atoms in total. The lowest BCUT2D eigenvalue weighted by Gasteiger charge is -2.51. The van der Waals surface area contributed by atoms with Gasteiger partial charge in [0.2, 0.25) is 5.78 Å². The molecule has 1 fully saturated rings. The minimum atomic E-state index is -2.35. The van der Waals surface area contributed by atoms with E-state index in [1.807, 2.05) is 30.3 Å². The van der Waals surface area contributed by atoms with Crippen LogP contribution in [0.4, 0.5) is 0 Å². The number of halogens is 1. The van der Waals surface area contributed by atoms with Crippen LogP contribution >= 0.6 is 23.4 Å². The number of ketones is 2. The number of nitrogens with zero attached hydrogens (tertiary/aromatic N) is 1. The topological polar surface area (TPSA) is 118 Å². The van der Waals surface area contributed by atoms with E-state index < -0.39 is 35.0 Å². The van der Waals surface area contributed by atoms with Gasteiger partial charge in [-0.05, 0) is 62.7 Å². The van der Waals surface area contributed by atoms with Crippen molar-refractivity contribution < 1.29 is 30.0 Å². The molecule has 38 heavy (non-hydrogen) atoms. The van der Waals surface area contributed by atoms with E-state index >= 15 is 0 Å². The molecule has 1 saturated carbocycles. The minimum absolute atomic E-state index is 0.0129. The van der Waals surface area contributed by atoms with Gasteiger partial charge >= 0.3 is 0 Å². The number of hydrogen-bond donors (Lipinski definition) is 4. The second kappa shape index (κ2) is 9.75. The zero-order chi connectivity index (χ0) is 27.5. The van der Waals surface area contributed by atoms with Crippen LogP contribution in [0.3, 0.4) is 0 Å². The molecule has 200 valence electrons. The highest BCUT2D eigenvalue weighted by Gasteiger charge is 2.63. The second-order valence-corrected chi connectivity index (χ2v) is 12.0. The molecule has 0 aliphatic heterocycles. The largest absolute Gasteiger partial charge is 0.508 e. The number of carbonyl (C=O) groups is 2. The van der Waals surface area contributed by atoms with Gasteiger partial charge in [-0.2, -0.15) is 11.8 Å². The monoisotopic (exact) mass is 555 g/mol. The number of thioether (sulfide) groups is 1. The maximum atomic E-state index is 14.1. The Morgan fingerprint density at radius 1 is 1.08 bits per heavy atom. The molecule has 0 bridgehead atoms. The first kappa shape index (κ1) is 26.8. The first-order valence-electron chi connectivity index (χ1n) is 12.4. The summed E-state index contributed by atoms with van der Waals surface area (Å²) < 4.78 is 0. The van der Waals surface area contributed by atoms with Gasteiger partial charge < -0.3 is 20.4 Å². The third kappa shape index (κ3) is 3.97. The molecule has 2 aromatic rings. The number of aliphatic hydroxyl groups is 3. The molecule has 3 aliphatic rings. The minimum Gasteiger partial charge on any atom is -0.508 e. The van der Waals surface area contributed by atoms with Gasteiger partial charge in [0.25, 0.3) is 0 Å². The summed E-state index contributed by atoms with van der Waals surface area (Å²) in [4.78, 5) is 28.9. The molecule has 0 saturated heterocycles. The van der Waals surface area contributed by atoms with Gasteiger partial charge in [0, 0.05) is 39.5 Å². The first-order chi connectivity index (χ1) is 18.0. The Morgan fingerprint density at radius 2 is 1.76 bits per heavy atom. The number of fused-ring (bicyclic) bond motifs is 3. The van der Waals surface area contributed by atoms with Crippen LogP contribution in [0.15, 0.2) is 59.4 Å². The van der Waals surface area contributed by atoms with Crippen molar-refractivity contribution in [2.75, 3.05) is 19.8 Å². The summed E-state index contributed by atoms with van der Waals surface area (Å²) in [5, 5.41) is 45.4. The van der Waals surface area contributed by atoms with Crippen LogP contribution in [0.5, 0.6) is 5.75 Å². The molecule has 5 rings (SSSR count). The highest BCUT2D eigenvalue weighted by atomic mass is 35.5. The van der Waals surface area contributed by atoms with Crippen LogP contribution in [-0.4, -0.2) is 68.4 Å². The van der Waals surface area contributed by atoms with E-state index in [1.54, 1.807) is 36.8 Å². The van der Waals surface area contributed by atoms with Crippen LogP contribution < -0.4 is 0 Å². The molecule has 2 aromatic carbocycles. The molecule has 0 radical (unpaired) electrons. The third-order valence-electron chi connectivity index (χ3n) is 8.23. The zero-order valence-corrected chi connectivity index (χ0v) is 22.9. The molecule has 3 aliphatic carbocycles. The molecule has 9 heteroatoms. The van der Waals surface area contributed by atoms with Gasteiger partial charge in [-0.3, -0.25) is 14.5 Å². The Labute approximate surface area is 230 Å². The van der Waals surface area contributed by atoms with Gasteiger partial charge in [-0.15, -0.1) is 0 Å². The SMILES string of the molecule is CC1=C(O)C2(O)C(=O)C3=C(O)c4c(O)cccc4C(CSCc4ccc(Cl)cc4)C3CC2C(N(C)C)C1=O. The average Bonchev–Trinajstić information content (AvgIpc) is 2.87. The number of aromatic hydroxyl groups is 1. The van der Waals surface area contributed by atoms with E-state index in [1.165, 1.54) is 13.0 Å². The Hall–Kier alpha value is -2.78. The molecule has 0 amide bonds. The second-order valence-electron chi connectivity index (χ2n) is 10.5. The Morgan fingerprint density at radius 3 is 2.42 bits per heavy atom. The number of rotatable bonds is 5. The fourth-order valence-corrected chi connectivity index (χ4v) is 7.70. The van der Waals surface area contributed by atoms with E-state index in [4.69, 9.17) is 11.6 Å². The van der Waals surface area contributed by atoms with Crippen molar-refractivity contribution >= 4 is 40.7 Å². The maximum Gasteiger partial charge on any atom is 0.202 e. The number of phenolic OH excluding ortho intramolecular Hbond substituents is 1. The molecule has 4 N–H and O–H groups in total. The predicted molar refractivity (Wildman–Crippen MR) is 147 cm³/mol. The third-order valence-corrected chi connectivity index (χ3v) is 9.61. The number of likely N-dealkylation sites (N-methyl/N-ethyl adjacent to an activating group) is 1. The van der Waals surface area contributed by atoms with Gasteiger partial charge in [0.1, 0.15) is 17.3 Å². The van der Waals surface area contributed by atoms with Crippen molar-refractivity contribution in [1.29, 1.82) is 0 Å². The van der Waals surface area contributed by atoms with Crippen molar-refractivity contribution in [3.8, 4) is 5.75 Å². The van der Waals surface area contributed by atoms with Crippen LogP contribution in [0, 0.1) is 11.8 Å². The fourth-order valence-electron chi connectivity index (χ4n) is 6.36. The summed E-state index contributed by atoms with van der Waals surface area (Å²) in [7, 11) is 3.42. The van der Waals surface area contributed by atoms with Crippen LogP contribution in [0.1, 0.15) is 36.0 Å². The molecule has 0 heterocycles. The number of benzene rings is 2. The Balaban J connectivity index is 1.60. The highest BCUT2D eigenvalue weighted by molar-refractivity contribution is 7.98. The average molecular weight is 556 g/mol. The van der Waals surface area contributed by atoms with Crippen LogP contribution in [0.25, 0.3) is 5.76 Å². The number of hydrogen-bond acceptors (Lipinski definition) is 8. The summed E-state index contributed by atoms with van der Waals surface area (Å²) in [5.41, 5.74) is -0.477. The Bertz CT molecular complexity index is 1380. The van der Waals surface area contributed by atoms with Crippen LogP contribution in [-0.2, 0) is 15.3 Å². The quantitative estimate of drug-likeness (QED) is 0.422. The van der Waals surface area contributed by atoms with Crippen molar-refractivity contribution in [3.05, 3.63) is 81.1 Å². The normalized spacial score (nSPS) is 28.9. The standard InChI is InChI=1S/C29H30ClNO6S/c1-14-25(33)24(31(2)3)20-11-18-19(13-38-12-15-7-9-16(30)10-8-15)17-5-4-6-21(32)22(17)26(34)23(18)28(36)29(20,37)27(14)35/h4-10,18-20,24,32,34-35,37H,11-13H2,1-3H3. The van der Waals surface area contributed by atoms with Crippen LogP contribution in [0.2, 0.25) is 5.02 Å². The number of carbonyl (C=O) groups excluding carboxylic acids is 2. The number of Topliss-reactive ketones (excluding diaryl/α,β-unsaturated/α-hetero) is 2. The summed E-state index contributed by atoms with van der Waals surface area (Å²) in [6.45, 7) is 1.40. The van der Waals surface area contributed by atoms with Gasteiger partial charge in [-0.1, -0.05) is 35.9 Å². The first-order valence-corrected chi connectivity index (χ1v) is 14.0. The number of phenols is 1. The van der Waals surface area contributed by atoms with Gasteiger partial charge in [-0.25, -0.2) is 0 Å². The lowest BCUT2D eigenvalue weighted by Crippen LogP contribution is -2.65. The summed E-state index contributed by atoms with van der Waals surface area (Å²) in [6, 6.07) is 11.7. The van der Waals surface area contributed by atoms with Crippen molar-refractivity contribution in [3.63, 3.8) is 0 Å². The van der Waals surface area contributed by atoms with E-state index in [0.717, 1.165) is 5.56 Å². The lowest BCUT2D eigenvalue weighted by atomic mass is 9.56. The van der Waals surface area contributed by atoms with Crippen molar-refractivity contribution in [2.24, 2.45) is 11.8 Å². The molecule has 5 unspecified atom stereocenters. The fraction of sp³-hybridized carbons (Fsp3) is 0.379. The lowest BCUT2D eigenvalue weighted by molar-refractivity contribution is -0.153. The van der Waals surface area contributed by atoms with Gasteiger partial charge in [0.05, 0.1) is 11.6 Å². The Kier molecular flexibility index (Phi) is 6.88. The van der Waals surface area contributed by atoms with Gasteiger partial charge in [0.15, 0.2) is 11.4 Å². The van der Waals surface area contributed by atoms with E-state index in [-0.39, 0.29) is 46.3 Å². The molecule has 0 aromatic heterocycles. The molecular formula is C29H30ClNO6S. The van der Waals surface area contributed by atoms with E-state index in [0.29, 0.717) is 22.1 Å². The smallest absolute Gasteiger partial charge is 0.202 e. The molecule has 0 spiro atoms. The van der Waals surface area contributed by atoms with E-state index in [2.05, 4.69) is 0 Å². The summed E-state index contributed by atoms with van der Waals surface area (Å²) in [6.07, 6.45) is 0.189. The molecule has 5 atom stereocenters. The van der Waals surface area contributed by atoms with E-state index in [9.17, 15) is 30.0 Å². The highest BCUT2D eigenvalue weighted by Crippen LogP contribution is 2.56. The summed E-state index contributed by atoms with van der Waals surface area (Å²) >= 11 is 7.66. The molecular weight excluding hydrogens is 526 g/mol. The predicted octanol–water partition coefficient (Wildman–Crippen LogP) is 4.63. The summed E-state index contributed by atoms with van der Waals surface area (Å²) in [5.74, 6) is -2.87. The zero-order valence-electron chi connectivity index (χ0n) is 21.3.